The molecule has 2 aromatic rings. The fourth-order valence-electron chi connectivity index (χ4n) is 2.04. The van der Waals surface area contributed by atoms with Crippen molar-refractivity contribution in [3.05, 3.63) is 59.3 Å². The highest BCUT2D eigenvalue weighted by Gasteiger charge is 2.09. The molecular weight excluding hydrogens is 264 g/mol. The van der Waals surface area contributed by atoms with E-state index in [1.54, 1.807) is 37.5 Å². The summed E-state index contributed by atoms with van der Waals surface area (Å²) in [6, 6.07) is 13.0. The molecule has 0 aliphatic heterocycles. The van der Waals surface area contributed by atoms with Gasteiger partial charge in [0, 0.05) is 32.4 Å². The second kappa shape index (κ2) is 6.53. The Bertz CT molecular complexity index is 673. The number of nitrogens with one attached hydrogen (secondary N) is 1. The Morgan fingerprint density at radius 2 is 2.05 bits per heavy atom. The van der Waals surface area contributed by atoms with Gasteiger partial charge in [0.25, 0.3) is 5.91 Å². The quantitative estimate of drug-likeness (QED) is 0.929. The topological polar surface area (TPSA) is 69.0 Å². The van der Waals surface area contributed by atoms with E-state index in [2.05, 4.69) is 16.4 Å². The van der Waals surface area contributed by atoms with Crippen LogP contribution in [0, 0.1) is 11.3 Å². The van der Waals surface area contributed by atoms with Crippen LogP contribution in [0.25, 0.3) is 0 Å². The van der Waals surface area contributed by atoms with Crippen LogP contribution >= 0.6 is 0 Å². The molecule has 0 atom stereocenters. The Morgan fingerprint density at radius 1 is 1.33 bits per heavy atom. The summed E-state index contributed by atoms with van der Waals surface area (Å²) >= 11 is 0. The number of amides is 1. The fraction of sp³-hybridized carbons (Fsp3) is 0.188. The largest absolute Gasteiger partial charge is 0.355 e. The molecule has 1 aromatic carbocycles. The van der Waals surface area contributed by atoms with Crippen LogP contribution in [0.2, 0.25) is 0 Å². The molecule has 0 bridgehead atoms. The SMILES string of the molecule is CNC(=O)c1ccc(CN(C)c2ncccc2C#N)cc1. The van der Waals surface area contributed by atoms with E-state index in [9.17, 15) is 4.79 Å². The van der Waals surface area contributed by atoms with Crippen LogP contribution in [-0.2, 0) is 6.54 Å². The minimum Gasteiger partial charge on any atom is -0.355 e. The molecule has 0 fully saturated rings. The maximum absolute atomic E-state index is 11.5. The Labute approximate surface area is 123 Å². The van der Waals surface area contributed by atoms with Crippen molar-refractivity contribution >= 4 is 11.7 Å². The highest BCUT2D eigenvalue weighted by atomic mass is 16.1. The molecule has 0 unspecified atom stereocenters. The molecular formula is C16H16N4O. The van der Waals surface area contributed by atoms with E-state index in [-0.39, 0.29) is 5.91 Å². The second-order valence-electron chi connectivity index (χ2n) is 4.62. The number of carbonyl (C=O) groups excluding carboxylic acids is 1. The van der Waals surface area contributed by atoms with E-state index in [0.29, 0.717) is 23.5 Å². The first kappa shape index (κ1) is 14.5. The lowest BCUT2D eigenvalue weighted by Crippen LogP contribution is -2.20. The van der Waals surface area contributed by atoms with E-state index >= 15 is 0 Å². The number of rotatable bonds is 4. The van der Waals surface area contributed by atoms with Gasteiger partial charge in [-0.2, -0.15) is 5.26 Å². The normalized spacial score (nSPS) is 9.76. The first-order valence-corrected chi connectivity index (χ1v) is 6.53. The van der Waals surface area contributed by atoms with Gasteiger partial charge in [-0.15, -0.1) is 0 Å². The number of pyridine rings is 1. The molecule has 1 heterocycles. The second-order valence-corrected chi connectivity index (χ2v) is 4.62. The zero-order valence-corrected chi connectivity index (χ0v) is 12.0. The summed E-state index contributed by atoms with van der Waals surface area (Å²) in [5.41, 5.74) is 2.21. The van der Waals surface area contributed by atoms with Crippen molar-refractivity contribution in [3.63, 3.8) is 0 Å². The van der Waals surface area contributed by atoms with Crippen LogP contribution < -0.4 is 10.2 Å². The lowest BCUT2D eigenvalue weighted by Gasteiger charge is -2.19. The van der Waals surface area contributed by atoms with Crippen LogP contribution in [-0.4, -0.2) is 25.0 Å². The molecule has 5 heteroatoms. The van der Waals surface area contributed by atoms with Gasteiger partial charge >= 0.3 is 0 Å². The smallest absolute Gasteiger partial charge is 0.251 e. The number of anilines is 1. The Balaban J connectivity index is 2.14. The van der Waals surface area contributed by atoms with Gasteiger partial charge in [-0.05, 0) is 29.8 Å². The molecule has 1 amide bonds. The molecule has 0 aliphatic carbocycles. The number of nitrogens with zero attached hydrogens (tertiary/aromatic N) is 3. The fourth-order valence-corrected chi connectivity index (χ4v) is 2.04. The van der Waals surface area contributed by atoms with Gasteiger partial charge in [-0.25, -0.2) is 4.98 Å². The van der Waals surface area contributed by atoms with E-state index < -0.39 is 0 Å². The van der Waals surface area contributed by atoms with Crippen molar-refractivity contribution in [1.29, 1.82) is 5.26 Å². The van der Waals surface area contributed by atoms with Crippen LogP contribution in [0.1, 0.15) is 21.5 Å². The number of nitriles is 1. The minimum atomic E-state index is -0.105. The van der Waals surface area contributed by atoms with Crippen molar-refractivity contribution in [2.24, 2.45) is 0 Å². The lowest BCUT2D eigenvalue weighted by molar-refractivity contribution is 0.0963. The van der Waals surface area contributed by atoms with Gasteiger partial charge in [0.1, 0.15) is 11.9 Å². The van der Waals surface area contributed by atoms with Gasteiger partial charge in [0.05, 0.1) is 5.56 Å². The third-order valence-electron chi connectivity index (χ3n) is 3.13. The minimum absolute atomic E-state index is 0.105. The molecule has 0 saturated carbocycles. The third-order valence-corrected chi connectivity index (χ3v) is 3.13. The van der Waals surface area contributed by atoms with Crippen molar-refractivity contribution in [2.75, 3.05) is 19.0 Å². The van der Waals surface area contributed by atoms with Crippen molar-refractivity contribution in [3.8, 4) is 6.07 Å². The number of aromatic nitrogens is 1. The predicted molar refractivity (Wildman–Crippen MR) is 80.9 cm³/mol. The summed E-state index contributed by atoms with van der Waals surface area (Å²) in [6.45, 7) is 0.611. The van der Waals surface area contributed by atoms with Gasteiger partial charge < -0.3 is 10.2 Å². The van der Waals surface area contributed by atoms with E-state index in [1.807, 2.05) is 24.1 Å². The van der Waals surface area contributed by atoms with Crippen LogP contribution in [0.3, 0.4) is 0 Å². The lowest BCUT2D eigenvalue weighted by atomic mass is 10.1. The average Bonchev–Trinajstić information content (AvgIpc) is 2.54. The molecule has 1 N–H and O–H groups in total. The maximum atomic E-state index is 11.5. The highest BCUT2D eigenvalue weighted by Crippen LogP contribution is 2.17. The maximum Gasteiger partial charge on any atom is 0.251 e. The monoisotopic (exact) mass is 280 g/mol. The van der Waals surface area contributed by atoms with Crippen LogP contribution in [0.4, 0.5) is 5.82 Å². The van der Waals surface area contributed by atoms with Crippen LogP contribution in [0.15, 0.2) is 42.6 Å². The molecule has 21 heavy (non-hydrogen) atoms. The van der Waals surface area contributed by atoms with Gasteiger partial charge in [-0.1, -0.05) is 12.1 Å². The standard InChI is InChI=1S/C16H16N4O/c1-18-16(21)13-7-5-12(6-8-13)11-20(2)15-14(10-17)4-3-9-19-15/h3-9H,11H2,1-2H3,(H,18,21). The third kappa shape index (κ3) is 3.37. The van der Waals surface area contributed by atoms with E-state index in [0.717, 1.165) is 5.56 Å². The Kier molecular flexibility index (Phi) is 4.52. The number of hydrogen-bond donors (Lipinski definition) is 1. The molecule has 106 valence electrons. The Morgan fingerprint density at radius 3 is 2.67 bits per heavy atom. The van der Waals surface area contributed by atoms with E-state index in [4.69, 9.17) is 5.26 Å². The summed E-state index contributed by atoms with van der Waals surface area (Å²) in [5.74, 6) is 0.543. The number of carbonyl (C=O) groups is 1. The summed E-state index contributed by atoms with van der Waals surface area (Å²) in [5, 5.41) is 11.7. The Hall–Kier alpha value is -2.87. The zero-order chi connectivity index (χ0) is 15.2. The summed E-state index contributed by atoms with van der Waals surface area (Å²) in [6.07, 6.45) is 1.67. The predicted octanol–water partition coefficient (Wildman–Crippen LogP) is 1.95. The molecule has 0 spiro atoms. The molecule has 1 aromatic heterocycles. The molecule has 0 radical (unpaired) electrons. The van der Waals surface area contributed by atoms with Crippen molar-refractivity contribution < 1.29 is 4.79 Å². The first-order chi connectivity index (χ1) is 10.2. The van der Waals surface area contributed by atoms with Crippen molar-refractivity contribution in [2.45, 2.75) is 6.54 Å². The average molecular weight is 280 g/mol. The summed E-state index contributed by atoms with van der Waals surface area (Å²) < 4.78 is 0. The molecule has 0 aliphatic rings. The van der Waals surface area contributed by atoms with Crippen molar-refractivity contribution in [1.82, 2.24) is 10.3 Å². The number of hydrogen-bond acceptors (Lipinski definition) is 4. The van der Waals surface area contributed by atoms with E-state index in [1.165, 1.54) is 0 Å². The summed E-state index contributed by atoms with van der Waals surface area (Å²) in [4.78, 5) is 17.6. The van der Waals surface area contributed by atoms with Crippen LogP contribution in [0.5, 0.6) is 0 Å². The molecule has 2 rings (SSSR count). The first-order valence-electron chi connectivity index (χ1n) is 6.53. The van der Waals surface area contributed by atoms with Gasteiger partial charge in [0.15, 0.2) is 0 Å². The molecule has 0 saturated heterocycles. The highest BCUT2D eigenvalue weighted by molar-refractivity contribution is 5.93. The van der Waals surface area contributed by atoms with Gasteiger partial charge in [0.2, 0.25) is 0 Å². The molecule has 5 nitrogen and oxygen atoms in total. The zero-order valence-electron chi connectivity index (χ0n) is 12.0. The van der Waals surface area contributed by atoms with Gasteiger partial charge in [-0.3, -0.25) is 4.79 Å². The number of benzene rings is 1. The summed E-state index contributed by atoms with van der Waals surface area (Å²) in [7, 11) is 3.49.